The number of hydrogen-bond acceptors (Lipinski definition) is 4. The summed E-state index contributed by atoms with van der Waals surface area (Å²) in [6.45, 7) is 4.83. The van der Waals surface area contributed by atoms with E-state index in [0.29, 0.717) is 44.3 Å². The smallest absolute Gasteiger partial charge is 0.246 e. The highest BCUT2D eigenvalue weighted by atomic mass is 16.2. The summed E-state index contributed by atoms with van der Waals surface area (Å²) >= 11 is 0. The van der Waals surface area contributed by atoms with E-state index in [1.807, 2.05) is 0 Å². The molecule has 0 radical (unpaired) electrons. The van der Waals surface area contributed by atoms with Crippen LogP contribution in [0.25, 0.3) is 0 Å². The molecule has 1 atom stereocenters. The average Bonchev–Trinajstić information content (AvgIpc) is 3.22. The maximum absolute atomic E-state index is 13.1. The van der Waals surface area contributed by atoms with E-state index in [2.05, 4.69) is 156 Å². The minimum absolute atomic E-state index is 0.0418. The Morgan fingerprint density at radius 3 is 1.34 bits per heavy atom. The minimum atomic E-state index is -0.659. The van der Waals surface area contributed by atoms with Gasteiger partial charge in [0.2, 0.25) is 17.7 Å². The lowest BCUT2D eigenvalue weighted by Gasteiger charge is -2.18. The van der Waals surface area contributed by atoms with Crippen molar-refractivity contribution in [2.75, 3.05) is 11.9 Å². The van der Waals surface area contributed by atoms with Crippen molar-refractivity contribution in [2.24, 2.45) is 0 Å². The molecule has 58 heavy (non-hydrogen) atoms. The molecule has 0 saturated carbocycles. The van der Waals surface area contributed by atoms with Gasteiger partial charge in [-0.1, -0.05) is 135 Å². The number of allylic oxidation sites excluding steroid dienone is 20. The molecule has 0 fully saturated rings. The molecule has 7 nitrogen and oxygen atoms in total. The molecule has 1 heterocycles. The SMILES string of the molecule is CC/C=C\C/C=C\C/C=C\C/C=C\C/C=C\CCCC(=O)NCCCC[C@H](NC(=O)CCC/C=C\C/C=C\C/C=C\C/C=C\C/C=C\CC)C(=O)Nc1ccncc1. The van der Waals surface area contributed by atoms with Crippen LogP contribution in [0.3, 0.4) is 0 Å². The molecule has 0 unspecified atom stereocenters. The van der Waals surface area contributed by atoms with Crippen LogP contribution in [-0.2, 0) is 14.4 Å². The molecular formula is C51H74N4O3. The molecule has 0 saturated heterocycles. The molecule has 1 aromatic heterocycles. The van der Waals surface area contributed by atoms with E-state index >= 15 is 0 Å². The zero-order valence-corrected chi connectivity index (χ0v) is 35.7. The van der Waals surface area contributed by atoms with Gasteiger partial charge in [0.15, 0.2) is 0 Å². The first-order valence-electron chi connectivity index (χ1n) is 21.8. The summed E-state index contributed by atoms with van der Waals surface area (Å²) in [6, 6.07) is 2.78. The van der Waals surface area contributed by atoms with Crippen molar-refractivity contribution >= 4 is 23.4 Å². The van der Waals surface area contributed by atoms with E-state index in [0.717, 1.165) is 89.9 Å². The van der Waals surface area contributed by atoms with E-state index in [1.165, 1.54) is 0 Å². The number of hydrogen-bond donors (Lipinski definition) is 3. The van der Waals surface area contributed by atoms with Gasteiger partial charge in [0.25, 0.3) is 0 Å². The number of rotatable bonds is 34. The number of carbonyl (C=O) groups excluding carboxylic acids is 3. The predicted molar refractivity (Wildman–Crippen MR) is 248 cm³/mol. The normalized spacial score (nSPS) is 13.1. The second kappa shape index (κ2) is 40.2. The third-order valence-corrected chi connectivity index (χ3v) is 8.71. The van der Waals surface area contributed by atoms with Gasteiger partial charge >= 0.3 is 0 Å². The van der Waals surface area contributed by atoms with Crippen LogP contribution in [0.15, 0.2) is 146 Å². The Balaban J connectivity index is 2.27. The molecule has 0 aliphatic rings. The van der Waals surface area contributed by atoms with Crippen molar-refractivity contribution in [1.29, 1.82) is 0 Å². The van der Waals surface area contributed by atoms with E-state index in [1.54, 1.807) is 24.5 Å². The molecule has 1 rings (SSSR count). The van der Waals surface area contributed by atoms with Crippen LogP contribution in [-0.4, -0.2) is 35.3 Å². The molecule has 0 bridgehead atoms. The Kier molecular flexibility index (Phi) is 35.3. The Bertz CT molecular complexity index is 1490. The van der Waals surface area contributed by atoms with Crippen LogP contribution in [0.2, 0.25) is 0 Å². The molecule has 7 heteroatoms. The van der Waals surface area contributed by atoms with E-state index < -0.39 is 6.04 Å². The fourth-order valence-corrected chi connectivity index (χ4v) is 5.49. The zero-order valence-electron chi connectivity index (χ0n) is 35.7. The van der Waals surface area contributed by atoms with Crippen molar-refractivity contribution in [2.45, 2.75) is 142 Å². The maximum atomic E-state index is 13.1. The lowest BCUT2D eigenvalue weighted by atomic mass is 10.1. The second-order valence-electron chi connectivity index (χ2n) is 13.9. The molecule has 0 aliphatic heterocycles. The van der Waals surface area contributed by atoms with Crippen LogP contribution in [0.1, 0.15) is 136 Å². The summed E-state index contributed by atoms with van der Waals surface area (Å²) in [5.74, 6) is -0.348. The predicted octanol–water partition coefficient (Wildman–Crippen LogP) is 12.6. The van der Waals surface area contributed by atoms with Gasteiger partial charge in [0.1, 0.15) is 6.04 Å². The quantitative estimate of drug-likeness (QED) is 0.0478. The number of amides is 3. The van der Waals surface area contributed by atoms with E-state index in [9.17, 15) is 14.4 Å². The Morgan fingerprint density at radius 1 is 0.517 bits per heavy atom. The highest BCUT2D eigenvalue weighted by Crippen LogP contribution is 2.09. The molecule has 0 spiro atoms. The number of pyridine rings is 1. The van der Waals surface area contributed by atoms with Crippen molar-refractivity contribution in [3.63, 3.8) is 0 Å². The third-order valence-electron chi connectivity index (χ3n) is 8.71. The summed E-state index contributed by atoms with van der Waals surface area (Å²) in [7, 11) is 0. The Morgan fingerprint density at radius 2 is 0.914 bits per heavy atom. The van der Waals surface area contributed by atoms with Crippen LogP contribution >= 0.6 is 0 Å². The molecule has 0 aromatic carbocycles. The van der Waals surface area contributed by atoms with Crippen molar-refractivity contribution in [3.05, 3.63) is 146 Å². The minimum Gasteiger partial charge on any atom is -0.356 e. The first-order valence-corrected chi connectivity index (χ1v) is 21.8. The number of carbonyl (C=O) groups is 3. The largest absolute Gasteiger partial charge is 0.356 e. The summed E-state index contributed by atoms with van der Waals surface area (Å²) in [4.78, 5) is 42.3. The van der Waals surface area contributed by atoms with Crippen LogP contribution in [0.4, 0.5) is 5.69 Å². The summed E-state index contributed by atoms with van der Waals surface area (Å²) in [5.41, 5.74) is 0.634. The fraction of sp³-hybridized carbons (Fsp3) is 0.451. The highest BCUT2D eigenvalue weighted by molar-refractivity contribution is 5.97. The number of aromatic nitrogens is 1. The maximum Gasteiger partial charge on any atom is 0.246 e. The molecular weight excluding hydrogens is 717 g/mol. The Labute approximate surface area is 352 Å². The van der Waals surface area contributed by atoms with Gasteiger partial charge < -0.3 is 16.0 Å². The number of nitrogens with one attached hydrogen (secondary N) is 3. The Hall–Kier alpha value is -5.04. The summed E-state index contributed by atoms with van der Waals surface area (Å²) in [6.07, 6.45) is 62.5. The number of anilines is 1. The number of unbranched alkanes of at least 4 members (excludes halogenated alkanes) is 3. The molecule has 316 valence electrons. The fourth-order valence-electron chi connectivity index (χ4n) is 5.49. The lowest BCUT2D eigenvalue weighted by Crippen LogP contribution is -2.43. The van der Waals surface area contributed by atoms with Gasteiger partial charge in [-0.3, -0.25) is 19.4 Å². The molecule has 3 N–H and O–H groups in total. The van der Waals surface area contributed by atoms with Gasteiger partial charge in [-0.05, 0) is 121 Å². The standard InChI is InChI=1S/C51H74N4O3/c1-3-5-7-9-11-13-15-17-19-21-23-25-27-29-31-33-35-40-49(56)53-44-38-37-39-48(51(58)54-47-42-45-52-46-43-47)55-50(57)41-36-34-32-30-28-26-24-22-20-18-16-14-12-10-8-6-4-2/h5-8,11-14,17-20,23-26,29-32,42-43,45-46,48H,3-4,9-10,15-16,21-22,27-28,33-41,44H2,1-2H3,(H,53,56)(H,55,57)(H,52,54,58)/b7-5-,8-6-,13-11-,14-12-,19-17-,20-18-,25-23-,26-24-,31-29-,32-30-/t48-/m0/s1. The zero-order chi connectivity index (χ0) is 41.8. The van der Waals surface area contributed by atoms with Gasteiger partial charge in [-0.15, -0.1) is 0 Å². The van der Waals surface area contributed by atoms with Crippen molar-refractivity contribution < 1.29 is 14.4 Å². The van der Waals surface area contributed by atoms with Crippen LogP contribution in [0, 0.1) is 0 Å². The first kappa shape index (κ1) is 51.0. The molecule has 3 amide bonds. The van der Waals surface area contributed by atoms with Crippen LogP contribution < -0.4 is 16.0 Å². The summed E-state index contributed by atoms with van der Waals surface area (Å²) in [5, 5.41) is 8.83. The summed E-state index contributed by atoms with van der Waals surface area (Å²) < 4.78 is 0. The third kappa shape index (κ3) is 34.2. The second-order valence-corrected chi connectivity index (χ2v) is 13.9. The van der Waals surface area contributed by atoms with Gasteiger partial charge in [-0.25, -0.2) is 0 Å². The van der Waals surface area contributed by atoms with Gasteiger partial charge in [0.05, 0.1) is 0 Å². The van der Waals surface area contributed by atoms with Gasteiger partial charge in [0, 0.05) is 37.5 Å². The lowest BCUT2D eigenvalue weighted by molar-refractivity contribution is -0.126. The highest BCUT2D eigenvalue weighted by Gasteiger charge is 2.20. The first-order chi connectivity index (χ1) is 28.6. The number of nitrogens with zero attached hydrogens (tertiary/aromatic N) is 1. The van der Waals surface area contributed by atoms with Gasteiger partial charge in [-0.2, -0.15) is 0 Å². The topological polar surface area (TPSA) is 100 Å². The van der Waals surface area contributed by atoms with Crippen molar-refractivity contribution in [3.8, 4) is 0 Å². The van der Waals surface area contributed by atoms with Crippen molar-refractivity contribution in [1.82, 2.24) is 15.6 Å². The molecule has 1 aromatic rings. The molecule has 0 aliphatic carbocycles. The van der Waals surface area contributed by atoms with E-state index in [-0.39, 0.29) is 17.7 Å². The monoisotopic (exact) mass is 791 g/mol. The van der Waals surface area contributed by atoms with E-state index in [4.69, 9.17) is 0 Å². The average molecular weight is 791 g/mol. The van der Waals surface area contributed by atoms with Crippen LogP contribution in [0.5, 0.6) is 0 Å².